The standard InChI is InChI=1S/C15H15Cl2FN2/c1-9-2-4-11(14(18)6-9)15(20-19)8-10-3-5-12(16)13(17)7-10/h2-7,15,20H,8,19H2,1H3. The van der Waals surface area contributed by atoms with Gasteiger partial charge in [-0.2, -0.15) is 0 Å². The van der Waals surface area contributed by atoms with Crippen LogP contribution in [0.15, 0.2) is 36.4 Å². The van der Waals surface area contributed by atoms with Crippen molar-refractivity contribution in [1.82, 2.24) is 5.43 Å². The van der Waals surface area contributed by atoms with Crippen LogP contribution in [0.4, 0.5) is 4.39 Å². The van der Waals surface area contributed by atoms with Gasteiger partial charge in [0.15, 0.2) is 0 Å². The minimum absolute atomic E-state index is 0.270. The molecule has 1 unspecified atom stereocenters. The average molecular weight is 313 g/mol. The molecule has 0 aliphatic heterocycles. The van der Waals surface area contributed by atoms with Crippen LogP contribution in [0.1, 0.15) is 22.7 Å². The van der Waals surface area contributed by atoms with Crippen LogP contribution in [0.25, 0.3) is 0 Å². The molecule has 106 valence electrons. The van der Waals surface area contributed by atoms with Gasteiger partial charge < -0.3 is 0 Å². The highest BCUT2D eigenvalue weighted by molar-refractivity contribution is 6.42. The van der Waals surface area contributed by atoms with Gasteiger partial charge in [-0.1, -0.05) is 41.4 Å². The van der Waals surface area contributed by atoms with Crippen LogP contribution in [0.5, 0.6) is 0 Å². The van der Waals surface area contributed by atoms with Gasteiger partial charge in [0, 0.05) is 5.56 Å². The molecule has 2 aromatic carbocycles. The third-order valence-electron chi connectivity index (χ3n) is 3.16. The summed E-state index contributed by atoms with van der Waals surface area (Å²) < 4.78 is 14.0. The number of hydrazine groups is 1. The first kappa shape index (κ1) is 15.3. The highest BCUT2D eigenvalue weighted by Gasteiger charge is 2.15. The molecule has 0 saturated heterocycles. The van der Waals surface area contributed by atoms with E-state index in [-0.39, 0.29) is 11.9 Å². The van der Waals surface area contributed by atoms with Gasteiger partial charge in [0.1, 0.15) is 5.82 Å². The fraction of sp³-hybridized carbons (Fsp3) is 0.200. The Morgan fingerprint density at radius 2 is 1.90 bits per heavy atom. The van der Waals surface area contributed by atoms with Crippen LogP contribution in [0.2, 0.25) is 10.0 Å². The Morgan fingerprint density at radius 1 is 1.15 bits per heavy atom. The van der Waals surface area contributed by atoms with E-state index in [4.69, 9.17) is 29.0 Å². The van der Waals surface area contributed by atoms with Crippen LogP contribution in [0.3, 0.4) is 0 Å². The summed E-state index contributed by atoms with van der Waals surface area (Å²) in [5.41, 5.74) is 4.98. The SMILES string of the molecule is Cc1ccc(C(Cc2ccc(Cl)c(Cl)c2)NN)c(F)c1. The molecule has 2 rings (SSSR count). The van der Waals surface area contributed by atoms with Crippen molar-refractivity contribution in [3.8, 4) is 0 Å². The number of nitrogens with two attached hydrogens (primary N) is 1. The van der Waals surface area contributed by atoms with Crippen molar-refractivity contribution in [3.05, 3.63) is 69.0 Å². The minimum Gasteiger partial charge on any atom is -0.271 e. The van der Waals surface area contributed by atoms with E-state index in [0.717, 1.165) is 11.1 Å². The van der Waals surface area contributed by atoms with E-state index in [1.807, 2.05) is 19.1 Å². The molecule has 0 heterocycles. The Labute approximate surface area is 127 Å². The Morgan fingerprint density at radius 3 is 2.50 bits per heavy atom. The highest BCUT2D eigenvalue weighted by atomic mass is 35.5. The van der Waals surface area contributed by atoms with Gasteiger partial charge >= 0.3 is 0 Å². The van der Waals surface area contributed by atoms with Gasteiger partial charge in [-0.15, -0.1) is 0 Å². The molecule has 0 radical (unpaired) electrons. The van der Waals surface area contributed by atoms with E-state index < -0.39 is 0 Å². The van der Waals surface area contributed by atoms with Crippen LogP contribution in [-0.4, -0.2) is 0 Å². The topological polar surface area (TPSA) is 38.0 Å². The molecule has 0 fully saturated rings. The van der Waals surface area contributed by atoms with Crippen molar-refractivity contribution in [2.24, 2.45) is 5.84 Å². The number of halogens is 3. The predicted octanol–water partition coefficient (Wildman–Crippen LogP) is 4.19. The summed E-state index contributed by atoms with van der Waals surface area (Å²) in [5.74, 6) is 5.28. The lowest BCUT2D eigenvalue weighted by atomic mass is 9.98. The predicted molar refractivity (Wildman–Crippen MR) is 81.4 cm³/mol. The lowest BCUT2D eigenvalue weighted by molar-refractivity contribution is 0.510. The Kier molecular flexibility index (Phi) is 5.00. The third kappa shape index (κ3) is 3.49. The summed E-state index contributed by atoms with van der Waals surface area (Å²) in [6.45, 7) is 1.84. The lowest BCUT2D eigenvalue weighted by Gasteiger charge is -2.18. The van der Waals surface area contributed by atoms with E-state index in [1.165, 1.54) is 6.07 Å². The number of benzene rings is 2. The van der Waals surface area contributed by atoms with E-state index in [1.54, 1.807) is 18.2 Å². The molecule has 0 aliphatic rings. The van der Waals surface area contributed by atoms with Gasteiger partial charge in [-0.05, 0) is 42.7 Å². The van der Waals surface area contributed by atoms with Crippen LogP contribution in [0, 0.1) is 12.7 Å². The Balaban J connectivity index is 2.26. The molecule has 0 aromatic heterocycles. The fourth-order valence-corrected chi connectivity index (χ4v) is 2.40. The molecule has 20 heavy (non-hydrogen) atoms. The van der Waals surface area contributed by atoms with Crippen LogP contribution >= 0.6 is 23.2 Å². The highest BCUT2D eigenvalue weighted by Crippen LogP contribution is 2.26. The average Bonchev–Trinajstić information content (AvgIpc) is 2.41. The number of hydrogen-bond acceptors (Lipinski definition) is 2. The summed E-state index contributed by atoms with van der Waals surface area (Å²) in [4.78, 5) is 0. The second-order valence-electron chi connectivity index (χ2n) is 4.70. The second kappa shape index (κ2) is 6.55. The maximum Gasteiger partial charge on any atom is 0.128 e. The Hall–Kier alpha value is -1.13. The van der Waals surface area contributed by atoms with E-state index >= 15 is 0 Å². The van der Waals surface area contributed by atoms with Gasteiger partial charge in [-0.25, -0.2) is 4.39 Å². The zero-order chi connectivity index (χ0) is 14.7. The maximum atomic E-state index is 14.0. The van der Waals surface area contributed by atoms with Gasteiger partial charge in [-0.3, -0.25) is 11.3 Å². The summed E-state index contributed by atoms with van der Waals surface area (Å²) in [6, 6.07) is 10.1. The normalized spacial score (nSPS) is 12.4. The molecule has 2 aromatic rings. The summed E-state index contributed by atoms with van der Waals surface area (Å²) in [6.07, 6.45) is 0.521. The summed E-state index contributed by atoms with van der Waals surface area (Å²) in [5, 5.41) is 0.971. The molecule has 3 N–H and O–H groups in total. The molecule has 0 amide bonds. The van der Waals surface area contributed by atoms with E-state index in [2.05, 4.69) is 5.43 Å². The van der Waals surface area contributed by atoms with E-state index in [0.29, 0.717) is 22.0 Å². The molecular weight excluding hydrogens is 298 g/mol. The summed E-state index contributed by atoms with van der Waals surface area (Å²) >= 11 is 11.9. The molecule has 0 saturated carbocycles. The Bertz CT molecular complexity index is 617. The van der Waals surface area contributed by atoms with Crippen LogP contribution < -0.4 is 11.3 Å². The maximum absolute atomic E-state index is 14.0. The first-order chi connectivity index (χ1) is 9.51. The van der Waals surface area contributed by atoms with Crippen molar-refractivity contribution >= 4 is 23.2 Å². The fourth-order valence-electron chi connectivity index (χ4n) is 2.08. The van der Waals surface area contributed by atoms with Gasteiger partial charge in [0.2, 0.25) is 0 Å². The molecule has 0 bridgehead atoms. The van der Waals surface area contributed by atoms with Crippen molar-refractivity contribution in [3.63, 3.8) is 0 Å². The molecule has 2 nitrogen and oxygen atoms in total. The first-order valence-corrected chi connectivity index (χ1v) is 6.93. The van der Waals surface area contributed by atoms with Crippen molar-refractivity contribution in [2.45, 2.75) is 19.4 Å². The number of aryl methyl sites for hydroxylation is 1. The summed E-state index contributed by atoms with van der Waals surface area (Å²) in [7, 11) is 0. The lowest BCUT2D eigenvalue weighted by Crippen LogP contribution is -2.30. The van der Waals surface area contributed by atoms with Crippen molar-refractivity contribution < 1.29 is 4.39 Å². The van der Waals surface area contributed by atoms with Crippen LogP contribution in [-0.2, 0) is 6.42 Å². The molecule has 0 aliphatic carbocycles. The number of nitrogens with one attached hydrogen (secondary N) is 1. The van der Waals surface area contributed by atoms with Crippen molar-refractivity contribution in [2.75, 3.05) is 0 Å². The van der Waals surface area contributed by atoms with Crippen molar-refractivity contribution in [1.29, 1.82) is 0 Å². The molecule has 5 heteroatoms. The van der Waals surface area contributed by atoms with Gasteiger partial charge in [0.05, 0.1) is 16.1 Å². The number of rotatable bonds is 4. The minimum atomic E-state index is -0.326. The third-order valence-corrected chi connectivity index (χ3v) is 3.90. The zero-order valence-electron chi connectivity index (χ0n) is 11.0. The molecule has 1 atom stereocenters. The quantitative estimate of drug-likeness (QED) is 0.656. The smallest absolute Gasteiger partial charge is 0.128 e. The number of hydrogen-bond donors (Lipinski definition) is 2. The van der Waals surface area contributed by atoms with Gasteiger partial charge in [0.25, 0.3) is 0 Å². The zero-order valence-corrected chi connectivity index (χ0v) is 12.5. The molecular formula is C15H15Cl2FN2. The first-order valence-electron chi connectivity index (χ1n) is 6.17. The second-order valence-corrected chi connectivity index (χ2v) is 5.51. The molecule has 0 spiro atoms. The van der Waals surface area contributed by atoms with E-state index in [9.17, 15) is 4.39 Å². The largest absolute Gasteiger partial charge is 0.271 e. The monoisotopic (exact) mass is 312 g/mol.